The average molecular weight is 271 g/mol. The van der Waals surface area contributed by atoms with Crippen molar-refractivity contribution in [3.63, 3.8) is 0 Å². The van der Waals surface area contributed by atoms with Gasteiger partial charge < -0.3 is 14.4 Å². The molecule has 1 aliphatic rings. The zero-order chi connectivity index (χ0) is 13.9. The third-order valence-corrected chi connectivity index (χ3v) is 3.30. The Morgan fingerprint density at radius 1 is 1.35 bits per heavy atom. The summed E-state index contributed by atoms with van der Waals surface area (Å²) in [5.41, 5.74) is 2.13. The van der Waals surface area contributed by atoms with Gasteiger partial charge in [0.25, 0.3) is 0 Å². The average Bonchev–Trinajstić information content (AvgIpc) is 2.48. The van der Waals surface area contributed by atoms with Crippen LogP contribution in [0, 0.1) is 0 Å². The van der Waals surface area contributed by atoms with Crippen LogP contribution >= 0.6 is 0 Å². The topological polar surface area (TPSA) is 47.5 Å². The predicted octanol–water partition coefficient (Wildman–Crippen LogP) is 2.27. The van der Waals surface area contributed by atoms with Crippen LogP contribution in [0.15, 0.2) is 36.9 Å². The van der Waals surface area contributed by atoms with Crippen molar-refractivity contribution < 1.29 is 9.47 Å². The summed E-state index contributed by atoms with van der Waals surface area (Å²) in [7, 11) is 1.67. The molecule has 0 unspecified atom stereocenters. The molecule has 0 fully saturated rings. The van der Waals surface area contributed by atoms with Crippen LogP contribution in [-0.2, 0) is 6.54 Å². The summed E-state index contributed by atoms with van der Waals surface area (Å²) in [5.74, 6) is 1.72. The van der Waals surface area contributed by atoms with Crippen LogP contribution in [-0.4, -0.2) is 29.7 Å². The highest BCUT2D eigenvalue weighted by molar-refractivity contribution is 5.63. The molecule has 0 saturated carbocycles. The Morgan fingerprint density at radius 3 is 2.90 bits per heavy atom. The summed E-state index contributed by atoms with van der Waals surface area (Å²) >= 11 is 0. The second kappa shape index (κ2) is 5.36. The molecule has 2 aromatic rings. The van der Waals surface area contributed by atoms with Crippen molar-refractivity contribution in [1.82, 2.24) is 9.97 Å². The van der Waals surface area contributed by atoms with Crippen LogP contribution in [0.25, 0.3) is 0 Å². The Kier molecular flexibility index (Phi) is 3.41. The Balaban J connectivity index is 1.92. The van der Waals surface area contributed by atoms with Crippen LogP contribution in [0.4, 0.5) is 5.69 Å². The fourth-order valence-electron chi connectivity index (χ4n) is 2.42. The van der Waals surface area contributed by atoms with Gasteiger partial charge in [0.2, 0.25) is 0 Å². The Bertz CT molecular complexity index is 589. The highest BCUT2D eigenvalue weighted by Crippen LogP contribution is 2.37. The number of methoxy groups -OCH3 is 1. The van der Waals surface area contributed by atoms with E-state index in [0.717, 1.165) is 35.8 Å². The molecular formula is C15H17N3O2. The van der Waals surface area contributed by atoms with E-state index >= 15 is 0 Å². The SMILES string of the molecule is COc1ccc2c(c1)N(Cc1cncnc1)C[C@H](C)O2. The lowest BCUT2D eigenvalue weighted by Gasteiger charge is -2.35. The zero-order valence-electron chi connectivity index (χ0n) is 11.6. The molecule has 104 valence electrons. The zero-order valence-corrected chi connectivity index (χ0v) is 11.6. The van der Waals surface area contributed by atoms with Gasteiger partial charge in [0.1, 0.15) is 23.9 Å². The van der Waals surface area contributed by atoms with Gasteiger partial charge in [0.05, 0.1) is 19.3 Å². The van der Waals surface area contributed by atoms with E-state index in [0.29, 0.717) is 0 Å². The first kappa shape index (κ1) is 12.7. The standard InChI is InChI=1S/C15H17N3O2/c1-11-8-18(9-12-6-16-10-17-7-12)14-5-13(19-2)3-4-15(14)20-11/h3-7,10-11H,8-9H2,1-2H3/t11-/m0/s1. The summed E-state index contributed by atoms with van der Waals surface area (Å²) in [6.45, 7) is 3.66. The number of hydrogen-bond acceptors (Lipinski definition) is 5. The summed E-state index contributed by atoms with van der Waals surface area (Å²) in [5, 5.41) is 0. The summed E-state index contributed by atoms with van der Waals surface area (Å²) in [6.07, 6.45) is 5.38. The first-order valence-corrected chi connectivity index (χ1v) is 6.60. The lowest BCUT2D eigenvalue weighted by atomic mass is 10.1. The molecule has 3 rings (SSSR count). The molecular weight excluding hydrogens is 254 g/mol. The Morgan fingerprint density at radius 2 is 2.15 bits per heavy atom. The highest BCUT2D eigenvalue weighted by atomic mass is 16.5. The van der Waals surface area contributed by atoms with Gasteiger partial charge in [0.15, 0.2) is 0 Å². The van der Waals surface area contributed by atoms with Crippen LogP contribution in [0.3, 0.4) is 0 Å². The first-order chi connectivity index (χ1) is 9.76. The van der Waals surface area contributed by atoms with E-state index < -0.39 is 0 Å². The second-order valence-electron chi connectivity index (χ2n) is 4.89. The van der Waals surface area contributed by atoms with E-state index in [4.69, 9.17) is 9.47 Å². The fraction of sp³-hybridized carbons (Fsp3) is 0.333. The van der Waals surface area contributed by atoms with Gasteiger partial charge in [0, 0.05) is 30.6 Å². The minimum absolute atomic E-state index is 0.153. The van der Waals surface area contributed by atoms with Gasteiger partial charge in [-0.3, -0.25) is 0 Å². The molecule has 2 heterocycles. The lowest BCUT2D eigenvalue weighted by Crippen LogP contribution is -2.38. The maximum atomic E-state index is 5.87. The van der Waals surface area contributed by atoms with Gasteiger partial charge in [-0.1, -0.05) is 0 Å². The molecule has 1 aromatic heterocycles. The molecule has 5 heteroatoms. The third-order valence-electron chi connectivity index (χ3n) is 3.30. The van der Waals surface area contributed by atoms with Crippen molar-refractivity contribution in [2.75, 3.05) is 18.6 Å². The van der Waals surface area contributed by atoms with Crippen molar-refractivity contribution in [3.05, 3.63) is 42.5 Å². The van der Waals surface area contributed by atoms with Gasteiger partial charge in [-0.15, -0.1) is 0 Å². The molecule has 0 N–H and O–H groups in total. The summed E-state index contributed by atoms with van der Waals surface area (Å²) < 4.78 is 11.2. The number of benzene rings is 1. The Hall–Kier alpha value is -2.30. The van der Waals surface area contributed by atoms with Crippen LogP contribution in [0.1, 0.15) is 12.5 Å². The predicted molar refractivity (Wildman–Crippen MR) is 76.2 cm³/mol. The second-order valence-corrected chi connectivity index (χ2v) is 4.89. The minimum Gasteiger partial charge on any atom is -0.497 e. The van der Waals surface area contributed by atoms with E-state index in [1.165, 1.54) is 0 Å². The van der Waals surface area contributed by atoms with Crippen LogP contribution in [0.5, 0.6) is 11.5 Å². The smallest absolute Gasteiger partial charge is 0.143 e. The number of ether oxygens (including phenoxy) is 2. The van der Waals surface area contributed by atoms with Crippen molar-refractivity contribution >= 4 is 5.69 Å². The van der Waals surface area contributed by atoms with E-state index in [1.54, 1.807) is 13.4 Å². The molecule has 0 saturated heterocycles. The normalized spacial score (nSPS) is 17.3. The molecule has 5 nitrogen and oxygen atoms in total. The van der Waals surface area contributed by atoms with E-state index in [-0.39, 0.29) is 6.10 Å². The number of anilines is 1. The van der Waals surface area contributed by atoms with Crippen molar-refractivity contribution in [2.24, 2.45) is 0 Å². The minimum atomic E-state index is 0.153. The molecule has 0 bridgehead atoms. The summed E-state index contributed by atoms with van der Waals surface area (Å²) in [6, 6.07) is 5.88. The molecule has 20 heavy (non-hydrogen) atoms. The number of rotatable bonds is 3. The third kappa shape index (κ3) is 2.52. The van der Waals surface area contributed by atoms with Crippen molar-refractivity contribution in [1.29, 1.82) is 0 Å². The quantitative estimate of drug-likeness (QED) is 0.857. The molecule has 0 spiro atoms. The van der Waals surface area contributed by atoms with Gasteiger partial charge in [-0.2, -0.15) is 0 Å². The molecule has 0 aliphatic carbocycles. The summed E-state index contributed by atoms with van der Waals surface area (Å²) in [4.78, 5) is 10.4. The van der Waals surface area contributed by atoms with Crippen LogP contribution in [0.2, 0.25) is 0 Å². The van der Waals surface area contributed by atoms with Gasteiger partial charge in [-0.25, -0.2) is 9.97 Å². The highest BCUT2D eigenvalue weighted by Gasteiger charge is 2.23. The van der Waals surface area contributed by atoms with Crippen LogP contribution < -0.4 is 14.4 Å². The van der Waals surface area contributed by atoms with Crippen molar-refractivity contribution in [2.45, 2.75) is 19.6 Å². The molecule has 1 atom stereocenters. The van der Waals surface area contributed by atoms with E-state index in [1.807, 2.05) is 30.6 Å². The molecule has 1 aliphatic heterocycles. The first-order valence-electron chi connectivity index (χ1n) is 6.60. The van der Waals surface area contributed by atoms with Gasteiger partial charge in [-0.05, 0) is 19.1 Å². The van der Waals surface area contributed by atoms with E-state index in [9.17, 15) is 0 Å². The molecule has 0 amide bonds. The largest absolute Gasteiger partial charge is 0.497 e. The fourth-order valence-corrected chi connectivity index (χ4v) is 2.42. The van der Waals surface area contributed by atoms with Crippen molar-refractivity contribution in [3.8, 4) is 11.5 Å². The maximum absolute atomic E-state index is 5.87. The monoisotopic (exact) mass is 271 g/mol. The maximum Gasteiger partial charge on any atom is 0.143 e. The number of aromatic nitrogens is 2. The number of nitrogens with zero attached hydrogens (tertiary/aromatic N) is 3. The lowest BCUT2D eigenvalue weighted by molar-refractivity contribution is 0.211. The Labute approximate surface area is 118 Å². The van der Waals surface area contributed by atoms with Gasteiger partial charge >= 0.3 is 0 Å². The number of fused-ring (bicyclic) bond motifs is 1. The molecule has 1 aromatic carbocycles. The molecule has 0 radical (unpaired) electrons. The van der Waals surface area contributed by atoms with E-state index in [2.05, 4.69) is 21.8 Å². The number of hydrogen-bond donors (Lipinski definition) is 0.